The summed E-state index contributed by atoms with van der Waals surface area (Å²) in [5.74, 6) is -0.247. The molecule has 1 N–H and O–H groups in total. The van der Waals surface area contributed by atoms with Crippen molar-refractivity contribution in [3.8, 4) is 11.5 Å². The molecule has 0 bridgehead atoms. The van der Waals surface area contributed by atoms with Crippen LogP contribution < -0.4 is 14.8 Å². The predicted octanol–water partition coefficient (Wildman–Crippen LogP) is 3.70. The van der Waals surface area contributed by atoms with Gasteiger partial charge in [0.15, 0.2) is 11.5 Å². The van der Waals surface area contributed by atoms with Gasteiger partial charge in [-0.2, -0.15) is 0 Å². The van der Waals surface area contributed by atoms with Gasteiger partial charge < -0.3 is 19.5 Å². The van der Waals surface area contributed by atoms with Crippen molar-refractivity contribution in [2.45, 2.75) is 19.1 Å². The number of amides is 1. The van der Waals surface area contributed by atoms with Gasteiger partial charge in [-0.3, -0.25) is 14.9 Å². The zero-order valence-electron chi connectivity index (χ0n) is 18.7. The zero-order valence-corrected chi connectivity index (χ0v) is 18.7. The van der Waals surface area contributed by atoms with E-state index in [4.69, 9.17) is 14.2 Å². The minimum Gasteiger partial charge on any atom is -0.493 e. The SMILES string of the molecule is COc1ccc(C(=O)N[C@@H](Cc2ccccc2)C(=O)OCc2ccc([N+](=O)[O-])cc2)cc1OC. The Morgan fingerprint density at radius 3 is 2.21 bits per heavy atom. The molecule has 3 aromatic carbocycles. The Bertz CT molecular complexity index is 1150. The van der Waals surface area contributed by atoms with Crippen LogP contribution >= 0.6 is 0 Å². The van der Waals surface area contributed by atoms with E-state index in [1.165, 1.54) is 44.6 Å². The van der Waals surface area contributed by atoms with Gasteiger partial charge in [0.1, 0.15) is 12.6 Å². The number of hydrogen-bond acceptors (Lipinski definition) is 7. The first-order chi connectivity index (χ1) is 16.4. The lowest BCUT2D eigenvalue weighted by atomic mass is 10.1. The minimum atomic E-state index is -0.957. The first-order valence-corrected chi connectivity index (χ1v) is 10.4. The van der Waals surface area contributed by atoms with E-state index in [1.807, 2.05) is 30.3 Å². The van der Waals surface area contributed by atoms with Crippen LogP contribution in [0, 0.1) is 10.1 Å². The van der Waals surface area contributed by atoms with E-state index in [1.54, 1.807) is 12.1 Å². The van der Waals surface area contributed by atoms with Gasteiger partial charge in [-0.15, -0.1) is 0 Å². The number of carbonyl (C=O) groups excluding carboxylic acids is 2. The molecule has 176 valence electrons. The molecule has 0 fully saturated rings. The largest absolute Gasteiger partial charge is 0.493 e. The predicted molar refractivity (Wildman–Crippen MR) is 124 cm³/mol. The Balaban J connectivity index is 1.74. The highest BCUT2D eigenvalue weighted by molar-refractivity contribution is 5.97. The number of methoxy groups -OCH3 is 2. The molecular formula is C25H24N2O7. The van der Waals surface area contributed by atoms with E-state index in [0.29, 0.717) is 22.6 Å². The molecule has 0 radical (unpaired) electrons. The number of rotatable bonds is 10. The molecule has 0 spiro atoms. The van der Waals surface area contributed by atoms with Crippen molar-refractivity contribution in [1.82, 2.24) is 5.32 Å². The van der Waals surface area contributed by atoms with E-state index >= 15 is 0 Å². The highest BCUT2D eigenvalue weighted by atomic mass is 16.6. The van der Waals surface area contributed by atoms with Crippen LogP contribution in [0.2, 0.25) is 0 Å². The first kappa shape index (κ1) is 24.2. The molecule has 0 saturated heterocycles. The van der Waals surface area contributed by atoms with Gasteiger partial charge >= 0.3 is 5.97 Å². The van der Waals surface area contributed by atoms with E-state index < -0.39 is 22.8 Å². The fraction of sp³-hybridized carbons (Fsp3) is 0.200. The molecule has 1 atom stereocenters. The van der Waals surface area contributed by atoms with E-state index in [2.05, 4.69) is 5.32 Å². The molecule has 3 aromatic rings. The van der Waals surface area contributed by atoms with E-state index in [9.17, 15) is 19.7 Å². The normalized spacial score (nSPS) is 11.2. The standard InChI is InChI=1S/C25H24N2O7/c1-32-22-13-10-19(15-23(22)33-2)24(28)26-21(14-17-6-4-3-5-7-17)25(29)34-16-18-8-11-20(12-9-18)27(30)31/h3-13,15,21H,14,16H2,1-2H3,(H,26,28)/t21-/m0/s1. The molecule has 0 heterocycles. The Labute approximate surface area is 196 Å². The second-order valence-corrected chi connectivity index (χ2v) is 7.32. The van der Waals surface area contributed by atoms with Gasteiger partial charge in [0, 0.05) is 24.1 Å². The number of nitrogens with zero attached hydrogens (tertiary/aromatic N) is 1. The average Bonchev–Trinajstić information content (AvgIpc) is 2.87. The first-order valence-electron chi connectivity index (χ1n) is 10.4. The molecule has 0 aromatic heterocycles. The van der Waals surface area contributed by atoms with Crippen molar-refractivity contribution >= 4 is 17.6 Å². The summed E-state index contributed by atoms with van der Waals surface area (Å²) >= 11 is 0. The maximum atomic E-state index is 12.9. The number of carbonyl (C=O) groups is 2. The lowest BCUT2D eigenvalue weighted by molar-refractivity contribution is -0.384. The Hall–Kier alpha value is -4.40. The number of hydrogen-bond donors (Lipinski definition) is 1. The topological polar surface area (TPSA) is 117 Å². The van der Waals surface area contributed by atoms with Gasteiger partial charge in [-0.25, -0.2) is 4.79 Å². The number of nitrogens with one attached hydrogen (secondary N) is 1. The van der Waals surface area contributed by atoms with Gasteiger partial charge in [0.25, 0.3) is 11.6 Å². The van der Waals surface area contributed by atoms with Gasteiger partial charge in [-0.05, 0) is 41.5 Å². The smallest absolute Gasteiger partial charge is 0.329 e. The third-order valence-electron chi connectivity index (χ3n) is 5.05. The zero-order chi connectivity index (χ0) is 24.5. The highest BCUT2D eigenvalue weighted by Gasteiger charge is 2.24. The summed E-state index contributed by atoms with van der Waals surface area (Å²) in [6.07, 6.45) is 0.221. The molecular weight excluding hydrogens is 440 g/mol. The van der Waals surface area contributed by atoms with E-state index in [0.717, 1.165) is 5.56 Å². The van der Waals surface area contributed by atoms with Crippen molar-refractivity contribution in [2.24, 2.45) is 0 Å². The summed E-state index contributed by atoms with van der Waals surface area (Å²) in [6.45, 7) is -0.0889. The van der Waals surface area contributed by atoms with Crippen LogP contribution in [-0.2, 0) is 22.6 Å². The number of nitro groups is 1. The summed E-state index contributed by atoms with van der Waals surface area (Å²) in [5, 5.41) is 13.5. The molecule has 0 unspecified atom stereocenters. The number of nitro benzene ring substituents is 1. The molecule has 34 heavy (non-hydrogen) atoms. The number of ether oxygens (including phenoxy) is 3. The van der Waals surface area contributed by atoms with Gasteiger partial charge in [0.2, 0.25) is 0 Å². The van der Waals surface area contributed by atoms with Crippen LogP contribution in [0.15, 0.2) is 72.8 Å². The maximum Gasteiger partial charge on any atom is 0.329 e. The van der Waals surface area contributed by atoms with Crippen molar-refractivity contribution in [1.29, 1.82) is 0 Å². The minimum absolute atomic E-state index is 0.0563. The van der Waals surface area contributed by atoms with Crippen LogP contribution in [0.4, 0.5) is 5.69 Å². The number of benzene rings is 3. The Kier molecular flexibility index (Phi) is 8.17. The van der Waals surface area contributed by atoms with Crippen LogP contribution in [0.1, 0.15) is 21.5 Å². The molecule has 0 aliphatic rings. The fourth-order valence-corrected chi connectivity index (χ4v) is 3.23. The molecule has 3 rings (SSSR count). The van der Waals surface area contributed by atoms with Crippen LogP contribution in [0.3, 0.4) is 0 Å². The molecule has 0 saturated carbocycles. The Morgan fingerprint density at radius 2 is 1.59 bits per heavy atom. The van der Waals surface area contributed by atoms with Crippen LogP contribution in [-0.4, -0.2) is 37.1 Å². The summed E-state index contributed by atoms with van der Waals surface area (Å²) < 4.78 is 15.9. The second kappa shape index (κ2) is 11.5. The molecule has 0 aliphatic carbocycles. The van der Waals surface area contributed by atoms with Crippen LogP contribution in [0.5, 0.6) is 11.5 Å². The average molecular weight is 464 g/mol. The summed E-state index contributed by atoms with van der Waals surface area (Å²) in [7, 11) is 2.96. The summed E-state index contributed by atoms with van der Waals surface area (Å²) in [6, 6.07) is 18.7. The highest BCUT2D eigenvalue weighted by Crippen LogP contribution is 2.27. The molecule has 9 nitrogen and oxygen atoms in total. The molecule has 9 heteroatoms. The van der Waals surface area contributed by atoms with E-state index in [-0.39, 0.29) is 18.7 Å². The quantitative estimate of drug-likeness (QED) is 0.276. The van der Waals surface area contributed by atoms with Crippen molar-refractivity contribution < 1.29 is 28.7 Å². The summed E-state index contributed by atoms with van der Waals surface area (Å²) in [4.78, 5) is 36.1. The number of non-ortho nitro benzene ring substituents is 1. The Morgan fingerprint density at radius 1 is 0.912 bits per heavy atom. The third kappa shape index (κ3) is 6.32. The van der Waals surface area contributed by atoms with Crippen molar-refractivity contribution in [3.63, 3.8) is 0 Å². The maximum absolute atomic E-state index is 12.9. The van der Waals surface area contributed by atoms with Gasteiger partial charge in [0.05, 0.1) is 19.1 Å². The lowest BCUT2D eigenvalue weighted by Crippen LogP contribution is -2.43. The molecule has 1 amide bonds. The monoisotopic (exact) mass is 464 g/mol. The van der Waals surface area contributed by atoms with Crippen molar-refractivity contribution in [3.05, 3.63) is 99.6 Å². The summed E-state index contributed by atoms with van der Waals surface area (Å²) in [5.41, 5.74) is 1.66. The van der Waals surface area contributed by atoms with Crippen LogP contribution in [0.25, 0.3) is 0 Å². The van der Waals surface area contributed by atoms with Gasteiger partial charge in [-0.1, -0.05) is 30.3 Å². The lowest BCUT2D eigenvalue weighted by Gasteiger charge is -2.18. The fourth-order valence-electron chi connectivity index (χ4n) is 3.23. The third-order valence-corrected chi connectivity index (χ3v) is 5.05. The second-order valence-electron chi connectivity index (χ2n) is 7.32. The van der Waals surface area contributed by atoms with Crippen molar-refractivity contribution in [2.75, 3.05) is 14.2 Å². The molecule has 0 aliphatic heterocycles. The number of esters is 1.